The zero-order valence-corrected chi connectivity index (χ0v) is 20.5. The summed E-state index contributed by atoms with van der Waals surface area (Å²) in [5.41, 5.74) is 4.15. The molecule has 2 heterocycles. The molecule has 2 aromatic heterocycles. The van der Waals surface area contributed by atoms with E-state index in [0.717, 1.165) is 28.1 Å². The molecule has 0 spiro atoms. The fourth-order valence-corrected chi connectivity index (χ4v) is 4.02. The third-order valence-corrected chi connectivity index (χ3v) is 5.46. The van der Waals surface area contributed by atoms with Gasteiger partial charge in [0.25, 0.3) is 0 Å². The maximum absolute atomic E-state index is 12.5. The van der Waals surface area contributed by atoms with Gasteiger partial charge in [0.2, 0.25) is 5.69 Å². The number of methoxy groups -OCH3 is 1. The van der Waals surface area contributed by atoms with Crippen LogP contribution in [0, 0.1) is 27.3 Å². The minimum Gasteiger partial charge on any atom is -0.467 e. The molecule has 0 bridgehead atoms. The number of esters is 1. The van der Waals surface area contributed by atoms with E-state index in [2.05, 4.69) is 15.0 Å². The molecule has 0 amide bonds. The van der Waals surface area contributed by atoms with E-state index < -0.39 is 17.7 Å². The van der Waals surface area contributed by atoms with Gasteiger partial charge in [0.05, 0.1) is 35.7 Å². The van der Waals surface area contributed by atoms with Gasteiger partial charge in [-0.05, 0) is 52.7 Å². The number of aryl methyl sites for hydroxylation is 3. The number of carbonyl (C=O) groups excluding carboxylic acids is 1. The molecule has 0 N–H and O–H groups in total. The molecule has 3 aromatic rings. The zero-order valence-electron chi connectivity index (χ0n) is 19.7. The van der Waals surface area contributed by atoms with E-state index in [1.54, 1.807) is 6.92 Å². The number of aromatic nitrogens is 2. The van der Waals surface area contributed by atoms with Crippen molar-refractivity contribution in [1.29, 1.82) is 0 Å². The van der Waals surface area contributed by atoms with Crippen molar-refractivity contribution in [3.63, 3.8) is 0 Å². The third-order valence-electron chi connectivity index (χ3n) is 5.08. The first-order valence-corrected chi connectivity index (χ1v) is 10.7. The van der Waals surface area contributed by atoms with Crippen molar-refractivity contribution < 1.29 is 18.8 Å². The van der Waals surface area contributed by atoms with Crippen LogP contribution in [0.5, 0.6) is 0 Å². The molecule has 0 unspecified atom stereocenters. The molecule has 0 aliphatic carbocycles. The molecule has 7 nitrogen and oxygen atoms in total. The Labute approximate surface area is 198 Å². The normalized spacial score (nSPS) is 12.3. The summed E-state index contributed by atoms with van der Waals surface area (Å²) in [6.45, 7) is 18.7. The molecule has 1 aromatic carbocycles. The van der Waals surface area contributed by atoms with Crippen molar-refractivity contribution in [3.05, 3.63) is 63.4 Å². The van der Waals surface area contributed by atoms with Crippen LogP contribution in [-0.4, -0.2) is 28.8 Å². The van der Waals surface area contributed by atoms with Crippen molar-refractivity contribution in [3.8, 4) is 22.4 Å². The van der Waals surface area contributed by atoms with Crippen LogP contribution in [0.2, 0.25) is 5.02 Å². The van der Waals surface area contributed by atoms with Gasteiger partial charge in [-0.2, -0.15) is 0 Å². The van der Waals surface area contributed by atoms with Gasteiger partial charge in [-0.3, -0.25) is 4.98 Å². The van der Waals surface area contributed by atoms with E-state index in [4.69, 9.17) is 32.2 Å². The van der Waals surface area contributed by atoms with Crippen molar-refractivity contribution in [1.82, 2.24) is 10.1 Å². The summed E-state index contributed by atoms with van der Waals surface area (Å²) < 4.78 is 16.1. The van der Waals surface area contributed by atoms with Crippen LogP contribution < -0.4 is 0 Å². The fraction of sp³-hybridized carbons (Fsp3) is 0.360. The molecule has 3 rings (SSSR count). The second kappa shape index (κ2) is 9.34. The zero-order chi connectivity index (χ0) is 24.5. The van der Waals surface area contributed by atoms with E-state index in [0.29, 0.717) is 17.0 Å². The lowest BCUT2D eigenvalue weighted by molar-refractivity contribution is -0.164. The Morgan fingerprint density at radius 1 is 1.12 bits per heavy atom. The van der Waals surface area contributed by atoms with Gasteiger partial charge in [-0.15, -0.1) is 0 Å². The SMILES string of the molecule is [C-]#[N+]c1c(-c2ccc(-c3c(C)noc3C)cc2)nc(C)c([C@H](OC(C)(C)C)C(=O)OC)c1Cl. The van der Waals surface area contributed by atoms with E-state index >= 15 is 0 Å². The van der Waals surface area contributed by atoms with Gasteiger partial charge < -0.3 is 14.0 Å². The lowest BCUT2D eigenvalue weighted by Gasteiger charge is -2.28. The molecular weight excluding hydrogens is 442 g/mol. The van der Waals surface area contributed by atoms with Crippen LogP contribution in [0.25, 0.3) is 27.2 Å². The van der Waals surface area contributed by atoms with Crippen LogP contribution in [0.15, 0.2) is 28.8 Å². The summed E-state index contributed by atoms with van der Waals surface area (Å²) in [6.07, 6.45) is -1.11. The smallest absolute Gasteiger partial charge is 0.339 e. The number of pyridine rings is 1. The highest BCUT2D eigenvalue weighted by Gasteiger charge is 2.33. The molecule has 172 valence electrons. The average Bonchev–Trinajstić information content (AvgIpc) is 3.09. The largest absolute Gasteiger partial charge is 0.467 e. The first-order chi connectivity index (χ1) is 15.5. The Bertz CT molecular complexity index is 1220. The number of ether oxygens (including phenoxy) is 2. The summed E-state index contributed by atoms with van der Waals surface area (Å²) >= 11 is 6.69. The third kappa shape index (κ3) is 4.92. The van der Waals surface area contributed by atoms with Gasteiger partial charge in [0.1, 0.15) is 5.76 Å². The Morgan fingerprint density at radius 2 is 1.73 bits per heavy atom. The van der Waals surface area contributed by atoms with E-state index in [9.17, 15) is 4.79 Å². The van der Waals surface area contributed by atoms with Crippen LogP contribution >= 0.6 is 11.6 Å². The van der Waals surface area contributed by atoms with Gasteiger partial charge in [-0.25, -0.2) is 9.64 Å². The maximum atomic E-state index is 12.5. The molecule has 0 saturated heterocycles. The average molecular weight is 468 g/mol. The number of hydrogen-bond acceptors (Lipinski definition) is 6. The van der Waals surface area contributed by atoms with Crippen LogP contribution in [-0.2, 0) is 14.3 Å². The molecule has 0 radical (unpaired) electrons. The van der Waals surface area contributed by atoms with Gasteiger partial charge in [0, 0.05) is 16.8 Å². The molecule has 0 aliphatic heterocycles. The topological polar surface area (TPSA) is 78.8 Å². The highest BCUT2D eigenvalue weighted by Crippen LogP contribution is 2.43. The first kappa shape index (κ1) is 24.4. The van der Waals surface area contributed by atoms with Gasteiger partial charge in [-0.1, -0.05) is 41.0 Å². The molecule has 0 saturated carbocycles. The lowest BCUT2D eigenvalue weighted by Crippen LogP contribution is -2.29. The number of rotatable bonds is 5. The second-order valence-electron chi connectivity index (χ2n) is 8.64. The molecular formula is C25H26ClN3O4. The Morgan fingerprint density at radius 3 is 2.21 bits per heavy atom. The monoisotopic (exact) mass is 467 g/mol. The van der Waals surface area contributed by atoms with E-state index in [1.165, 1.54) is 7.11 Å². The van der Waals surface area contributed by atoms with Crippen molar-refractivity contribution in [2.75, 3.05) is 7.11 Å². The summed E-state index contributed by atoms with van der Waals surface area (Å²) in [6, 6.07) is 7.59. The van der Waals surface area contributed by atoms with Crippen LogP contribution in [0.4, 0.5) is 5.69 Å². The van der Waals surface area contributed by atoms with E-state index in [1.807, 2.05) is 58.9 Å². The summed E-state index contributed by atoms with van der Waals surface area (Å²) in [4.78, 5) is 20.8. The first-order valence-electron chi connectivity index (χ1n) is 10.3. The Hall–Kier alpha value is -3.21. The minimum absolute atomic E-state index is 0.127. The summed E-state index contributed by atoms with van der Waals surface area (Å²) in [5.74, 6) is 0.125. The number of halogens is 1. The van der Waals surface area contributed by atoms with Crippen LogP contribution in [0.1, 0.15) is 49.6 Å². The standard InChI is InChI=1S/C25H26ClN3O4/c1-13-19(23(24(30)31-8)32-25(4,5)6)20(26)22(27-7)21(28-13)17-11-9-16(10-12-17)18-14(2)29-33-15(18)3/h9-12,23H,1-6,8H3/t23-/m0/s1. The van der Waals surface area contributed by atoms with Crippen molar-refractivity contribution in [2.24, 2.45) is 0 Å². The number of hydrogen-bond donors (Lipinski definition) is 0. The molecule has 1 atom stereocenters. The molecule has 0 fully saturated rings. The minimum atomic E-state index is -1.11. The molecule has 0 aliphatic rings. The number of nitrogens with zero attached hydrogens (tertiary/aromatic N) is 3. The molecule has 8 heteroatoms. The Kier molecular flexibility index (Phi) is 6.92. The fourth-order valence-electron chi connectivity index (χ4n) is 3.65. The highest BCUT2D eigenvalue weighted by atomic mass is 35.5. The van der Waals surface area contributed by atoms with Gasteiger partial charge in [0.15, 0.2) is 6.10 Å². The number of carbonyl (C=O) groups is 1. The summed E-state index contributed by atoms with van der Waals surface area (Å²) in [7, 11) is 1.28. The van der Waals surface area contributed by atoms with E-state index in [-0.39, 0.29) is 10.7 Å². The predicted octanol–water partition coefficient (Wildman–Crippen LogP) is 6.56. The molecule has 33 heavy (non-hydrogen) atoms. The predicted molar refractivity (Wildman–Crippen MR) is 126 cm³/mol. The highest BCUT2D eigenvalue weighted by molar-refractivity contribution is 6.35. The number of benzene rings is 1. The maximum Gasteiger partial charge on any atom is 0.339 e. The van der Waals surface area contributed by atoms with Crippen molar-refractivity contribution >= 4 is 23.3 Å². The van der Waals surface area contributed by atoms with Crippen molar-refractivity contribution in [2.45, 2.75) is 53.2 Å². The lowest BCUT2D eigenvalue weighted by atomic mass is 9.99. The quantitative estimate of drug-likeness (QED) is 0.312. The second-order valence-corrected chi connectivity index (χ2v) is 9.02. The van der Waals surface area contributed by atoms with Gasteiger partial charge >= 0.3 is 5.97 Å². The Balaban J connectivity index is 2.12. The van der Waals surface area contributed by atoms with Crippen LogP contribution in [0.3, 0.4) is 0 Å². The summed E-state index contributed by atoms with van der Waals surface area (Å²) in [5, 5.41) is 4.13.